The van der Waals surface area contributed by atoms with E-state index in [4.69, 9.17) is 5.26 Å². The fourth-order valence-electron chi connectivity index (χ4n) is 2.46. The predicted molar refractivity (Wildman–Crippen MR) is 106 cm³/mol. The summed E-state index contributed by atoms with van der Waals surface area (Å²) >= 11 is 0. The van der Waals surface area contributed by atoms with E-state index in [1.165, 1.54) is 5.57 Å². The van der Waals surface area contributed by atoms with E-state index in [9.17, 15) is 0 Å². The molecule has 0 radical (unpaired) electrons. The fraction of sp³-hybridized carbons (Fsp3) is 0.550. The van der Waals surface area contributed by atoms with Crippen LogP contribution in [0.25, 0.3) is 0 Å². The third kappa shape index (κ3) is 7.27. The molecule has 2 N–H and O–H groups in total. The van der Waals surface area contributed by atoms with Crippen LogP contribution in [0.15, 0.2) is 35.9 Å². The van der Waals surface area contributed by atoms with Crippen LogP contribution in [-0.2, 0) is 6.42 Å². The van der Waals surface area contributed by atoms with Gasteiger partial charge in [-0.05, 0) is 45.7 Å². The highest BCUT2D eigenvalue weighted by molar-refractivity contribution is 5.53. The third-order valence-corrected chi connectivity index (χ3v) is 4.48. The van der Waals surface area contributed by atoms with Gasteiger partial charge in [-0.25, -0.2) is 10.0 Å². The van der Waals surface area contributed by atoms with E-state index in [1.807, 2.05) is 25.2 Å². The van der Waals surface area contributed by atoms with Crippen LogP contribution in [0, 0.1) is 11.3 Å². The molecule has 0 spiro atoms. The first kappa shape index (κ1) is 21.2. The van der Waals surface area contributed by atoms with Crippen LogP contribution in [0.2, 0.25) is 0 Å². The minimum absolute atomic E-state index is 0.235. The fourth-order valence-corrected chi connectivity index (χ4v) is 2.46. The van der Waals surface area contributed by atoms with Gasteiger partial charge < -0.3 is 5.32 Å². The molecule has 5 nitrogen and oxygen atoms in total. The van der Waals surface area contributed by atoms with Crippen molar-refractivity contribution in [3.63, 3.8) is 0 Å². The van der Waals surface area contributed by atoms with Crippen molar-refractivity contribution in [2.75, 3.05) is 26.0 Å². The first-order valence-corrected chi connectivity index (χ1v) is 8.93. The number of anilines is 1. The van der Waals surface area contributed by atoms with Crippen LogP contribution in [0.4, 0.5) is 5.69 Å². The maximum absolute atomic E-state index is 9.03. The highest BCUT2D eigenvalue weighted by atomic mass is 15.7. The van der Waals surface area contributed by atoms with Crippen LogP contribution in [0.3, 0.4) is 0 Å². The molecule has 1 aromatic rings. The van der Waals surface area contributed by atoms with Gasteiger partial charge >= 0.3 is 0 Å². The Morgan fingerprint density at radius 1 is 1.28 bits per heavy atom. The second-order valence-electron chi connectivity index (χ2n) is 6.74. The smallest absolute Gasteiger partial charge is 0.0670 e. The molecule has 0 saturated heterocycles. The van der Waals surface area contributed by atoms with Gasteiger partial charge in [0, 0.05) is 38.4 Å². The summed E-state index contributed by atoms with van der Waals surface area (Å²) in [6.45, 7) is 9.43. The highest BCUT2D eigenvalue weighted by Gasteiger charge is 2.14. The summed E-state index contributed by atoms with van der Waals surface area (Å²) in [5.74, 6) is 0. The SMILES string of the molecule is C/C=C(\C)C(CCN(C)NN(C)C(C)C)Nc1ccccc1CC#N. The molecule has 1 atom stereocenters. The molecule has 5 heteroatoms. The summed E-state index contributed by atoms with van der Waals surface area (Å²) < 4.78 is 0. The molecule has 0 aliphatic heterocycles. The largest absolute Gasteiger partial charge is 0.378 e. The Bertz CT molecular complexity index is 588. The second kappa shape index (κ2) is 10.9. The van der Waals surface area contributed by atoms with Gasteiger partial charge in [-0.1, -0.05) is 29.8 Å². The van der Waals surface area contributed by atoms with E-state index in [-0.39, 0.29) is 6.04 Å². The van der Waals surface area contributed by atoms with Crippen molar-refractivity contribution >= 4 is 5.69 Å². The lowest BCUT2D eigenvalue weighted by atomic mass is 10.0. The minimum atomic E-state index is 0.235. The Kier molecular flexibility index (Phi) is 9.22. The topological polar surface area (TPSA) is 54.3 Å². The lowest BCUT2D eigenvalue weighted by molar-refractivity contribution is 0.0400. The van der Waals surface area contributed by atoms with E-state index >= 15 is 0 Å². The summed E-state index contributed by atoms with van der Waals surface area (Å²) in [5, 5.41) is 16.9. The van der Waals surface area contributed by atoms with Gasteiger partial charge in [0.1, 0.15) is 0 Å². The molecule has 0 heterocycles. The lowest BCUT2D eigenvalue weighted by Gasteiger charge is -2.30. The van der Waals surface area contributed by atoms with Gasteiger partial charge in [0.2, 0.25) is 0 Å². The van der Waals surface area contributed by atoms with Crippen LogP contribution in [0.1, 0.15) is 39.7 Å². The first-order chi connectivity index (χ1) is 11.9. The average Bonchev–Trinajstić information content (AvgIpc) is 2.59. The van der Waals surface area contributed by atoms with E-state index in [0.29, 0.717) is 12.5 Å². The number of para-hydroxylation sites is 1. The molecule has 25 heavy (non-hydrogen) atoms. The Morgan fingerprint density at radius 3 is 2.56 bits per heavy atom. The van der Waals surface area contributed by atoms with Gasteiger partial charge in [-0.3, -0.25) is 0 Å². The monoisotopic (exact) mass is 343 g/mol. The van der Waals surface area contributed by atoms with Crippen molar-refractivity contribution in [1.29, 1.82) is 5.26 Å². The standard InChI is InChI=1S/C20H33N5/c1-7-17(4)19(13-15-24(5)23-25(6)16(2)3)22-20-11-9-8-10-18(20)12-14-21/h7-11,16,19,22-23H,12-13,15H2,1-6H3/b17-7+. The quantitative estimate of drug-likeness (QED) is 0.502. The molecule has 138 valence electrons. The van der Waals surface area contributed by atoms with Crippen molar-refractivity contribution < 1.29 is 0 Å². The number of nitriles is 1. The van der Waals surface area contributed by atoms with Gasteiger partial charge in [0.25, 0.3) is 0 Å². The van der Waals surface area contributed by atoms with Crippen LogP contribution >= 0.6 is 0 Å². The van der Waals surface area contributed by atoms with Gasteiger partial charge in [0.15, 0.2) is 0 Å². The lowest BCUT2D eigenvalue weighted by Crippen LogP contribution is -2.49. The summed E-state index contributed by atoms with van der Waals surface area (Å²) in [5.41, 5.74) is 6.76. The number of nitrogens with one attached hydrogen (secondary N) is 2. The van der Waals surface area contributed by atoms with E-state index < -0.39 is 0 Å². The summed E-state index contributed by atoms with van der Waals surface area (Å²) in [6, 6.07) is 11.0. The molecule has 0 fully saturated rings. The zero-order valence-electron chi connectivity index (χ0n) is 16.5. The Morgan fingerprint density at radius 2 is 1.96 bits per heavy atom. The number of hydrogen-bond donors (Lipinski definition) is 2. The molecule has 0 saturated carbocycles. The van der Waals surface area contributed by atoms with Crippen molar-refractivity contribution in [3.8, 4) is 6.07 Å². The molecule has 1 rings (SSSR count). The molecule has 0 amide bonds. The van der Waals surface area contributed by atoms with Crippen molar-refractivity contribution in [3.05, 3.63) is 41.5 Å². The molecular weight excluding hydrogens is 310 g/mol. The summed E-state index contributed by atoms with van der Waals surface area (Å²) in [4.78, 5) is 0. The maximum Gasteiger partial charge on any atom is 0.0670 e. The number of benzene rings is 1. The normalized spacial score (nSPS) is 13.4. The first-order valence-electron chi connectivity index (χ1n) is 8.93. The Balaban J connectivity index is 2.75. The van der Waals surface area contributed by atoms with Crippen LogP contribution < -0.4 is 10.9 Å². The maximum atomic E-state index is 9.03. The van der Waals surface area contributed by atoms with Crippen LogP contribution in [-0.4, -0.2) is 42.7 Å². The van der Waals surface area contributed by atoms with Crippen LogP contribution in [0.5, 0.6) is 0 Å². The summed E-state index contributed by atoms with van der Waals surface area (Å²) in [7, 11) is 4.11. The van der Waals surface area contributed by atoms with Gasteiger partial charge in [-0.2, -0.15) is 10.8 Å². The Labute approximate surface area is 153 Å². The molecular formula is C20H33N5. The molecule has 0 bridgehead atoms. The van der Waals surface area contributed by atoms with Crippen molar-refractivity contribution in [2.45, 2.75) is 52.6 Å². The zero-order chi connectivity index (χ0) is 18.8. The van der Waals surface area contributed by atoms with E-state index in [1.54, 1.807) is 0 Å². The molecule has 0 aliphatic rings. The minimum Gasteiger partial charge on any atom is -0.378 e. The number of rotatable bonds is 10. The van der Waals surface area contributed by atoms with Crippen molar-refractivity contribution in [2.24, 2.45) is 0 Å². The molecule has 0 aromatic heterocycles. The number of nitrogens with zero attached hydrogens (tertiary/aromatic N) is 3. The van der Waals surface area contributed by atoms with Gasteiger partial charge in [-0.15, -0.1) is 0 Å². The third-order valence-electron chi connectivity index (χ3n) is 4.48. The predicted octanol–water partition coefficient (Wildman–Crippen LogP) is 3.58. The molecule has 1 aromatic carbocycles. The van der Waals surface area contributed by atoms with Crippen molar-refractivity contribution in [1.82, 2.24) is 15.6 Å². The number of hydrogen-bond acceptors (Lipinski definition) is 5. The number of allylic oxidation sites excluding steroid dienone is 1. The Hall–Kier alpha value is -1.87. The van der Waals surface area contributed by atoms with E-state index in [2.05, 4.69) is 73.8 Å². The van der Waals surface area contributed by atoms with Gasteiger partial charge in [0.05, 0.1) is 12.5 Å². The molecule has 0 aliphatic carbocycles. The average molecular weight is 344 g/mol. The summed E-state index contributed by atoms with van der Waals surface area (Å²) in [6.07, 6.45) is 3.54. The highest BCUT2D eigenvalue weighted by Crippen LogP contribution is 2.20. The zero-order valence-corrected chi connectivity index (χ0v) is 16.5. The molecule has 1 unspecified atom stereocenters. The van der Waals surface area contributed by atoms with E-state index in [0.717, 1.165) is 24.2 Å². The second-order valence-corrected chi connectivity index (χ2v) is 6.74. The number of hydrazine groups is 2.